The van der Waals surface area contributed by atoms with Gasteiger partial charge in [0.1, 0.15) is 5.75 Å². The van der Waals surface area contributed by atoms with E-state index >= 15 is 0 Å². The minimum Gasteiger partial charge on any atom is -0.434 e. The highest BCUT2D eigenvalue weighted by Crippen LogP contribution is 2.19. The second kappa shape index (κ2) is 9.16. The Balaban J connectivity index is 2.32. The van der Waals surface area contributed by atoms with Gasteiger partial charge in [0.2, 0.25) is 0 Å². The highest BCUT2D eigenvalue weighted by Gasteiger charge is 2.08. The summed E-state index contributed by atoms with van der Waals surface area (Å²) >= 11 is 1.90. The van der Waals surface area contributed by atoms with Gasteiger partial charge in [-0.2, -0.15) is 20.5 Å². The largest absolute Gasteiger partial charge is 0.434 e. The van der Waals surface area contributed by atoms with Crippen molar-refractivity contribution in [3.8, 4) is 5.75 Å². The molecule has 0 bridgehead atoms. The first-order valence-electron chi connectivity index (χ1n) is 6.05. The van der Waals surface area contributed by atoms with E-state index in [1.165, 1.54) is 0 Å². The van der Waals surface area contributed by atoms with Crippen LogP contribution in [-0.2, 0) is 6.54 Å². The smallest absolute Gasteiger partial charge is 0.387 e. The Hall–Kier alpha value is -0.810. The van der Waals surface area contributed by atoms with Crippen molar-refractivity contribution in [1.82, 2.24) is 5.32 Å². The summed E-state index contributed by atoms with van der Waals surface area (Å²) in [5, 5.41) is 3.24. The lowest BCUT2D eigenvalue weighted by atomic mass is 10.2. The second-order valence-corrected chi connectivity index (χ2v) is 5.11. The molecule has 5 heteroatoms. The van der Waals surface area contributed by atoms with Gasteiger partial charge >= 0.3 is 6.61 Å². The number of benzene rings is 1. The summed E-state index contributed by atoms with van der Waals surface area (Å²) in [7, 11) is 0. The number of ether oxygens (including phenoxy) is 1. The fraction of sp³-hybridized carbons (Fsp3) is 0.538. The van der Waals surface area contributed by atoms with Crippen LogP contribution in [0.3, 0.4) is 0 Å². The van der Waals surface area contributed by atoms with E-state index in [2.05, 4.69) is 17.0 Å². The predicted octanol–water partition coefficient (Wildman–Crippen LogP) is 3.52. The second-order valence-electron chi connectivity index (χ2n) is 3.71. The first-order valence-corrected chi connectivity index (χ1v) is 7.20. The molecule has 0 saturated carbocycles. The van der Waals surface area contributed by atoms with Crippen molar-refractivity contribution >= 4 is 11.8 Å². The van der Waals surface area contributed by atoms with Crippen LogP contribution >= 0.6 is 11.8 Å². The molecular formula is C13H19F2NOS. The molecule has 0 aliphatic heterocycles. The topological polar surface area (TPSA) is 21.3 Å². The lowest BCUT2D eigenvalue weighted by Crippen LogP contribution is -2.16. The van der Waals surface area contributed by atoms with Crippen LogP contribution in [0.25, 0.3) is 0 Å². The summed E-state index contributed by atoms with van der Waals surface area (Å²) < 4.78 is 28.8. The Morgan fingerprint density at radius 2 is 2.11 bits per heavy atom. The van der Waals surface area contributed by atoms with E-state index in [4.69, 9.17) is 0 Å². The molecule has 0 unspecified atom stereocenters. The maximum absolute atomic E-state index is 12.2. The van der Waals surface area contributed by atoms with Gasteiger partial charge in [0.05, 0.1) is 0 Å². The number of rotatable bonds is 9. The number of hydrogen-bond donors (Lipinski definition) is 1. The van der Waals surface area contributed by atoms with Gasteiger partial charge in [-0.25, -0.2) is 0 Å². The van der Waals surface area contributed by atoms with E-state index in [-0.39, 0.29) is 5.75 Å². The molecular weight excluding hydrogens is 256 g/mol. The monoisotopic (exact) mass is 275 g/mol. The number of thioether (sulfide) groups is 1. The van der Waals surface area contributed by atoms with Gasteiger partial charge in [-0.05, 0) is 30.5 Å². The molecule has 0 spiro atoms. The quantitative estimate of drug-likeness (QED) is 0.697. The van der Waals surface area contributed by atoms with Crippen molar-refractivity contribution < 1.29 is 13.5 Å². The maximum Gasteiger partial charge on any atom is 0.387 e. The van der Waals surface area contributed by atoms with Crippen molar-refractivity contribution in [2.75, 3.05) is 18.1 Å². The van der Waals surface area contributed by atoms with Crippen LogP contribution < -0.4 is 10.1 Å². The lowest BCUT2D eigenvalue weighted by molar-refractivity contribution is -0.0504. The van der Waals surface area contributed by atoms with Crippen LogP contribution in [0.1, 0.15) is 18.9 Å². The third-order valence-electron chi connectivity index (χ3n) is 2.35. The van der Waals surface area contributed by atoms with E-state index in [0.29, 0.717) is 6.54 Å². The van der Waals surface area contributed by atoms with Crippen LogP contribution in [0.2, 0.25) is 0 Å². The van der Waals surface area contributed by atoms with E-state index in [9.17, 15) is 8.78 Å². The molecule has 1 rings (SSSR count). The standard InChI is InChI=1S/C13H19F2NOS/c1-2-18-9-5-8-16-10-11-6-3-4-7-12(11)17-13(14)15/h3-4,6-7,13,16H,2,5,8-10H2,1H3. The zero-order valence-electron chi connectivity index (χ0n) is 10.5. The number of para-hydroxylation sites is 1. The van der Waals surface area contributed by atoms with Gasteiger partial charge < -0.3 is 10.1 Å². The minimum atomic E-state index is -2.77. The molecule has 1 aromatic carbocycles. The van der Waals surface area contributed by atoms with Gasteiger partial charge in [0.25, 0.3) is 0 Å². The molecule has 0 fully saturated rings. The SMILES string of the molecule is CCSCCCNCc1ccccc1OC(F)F. The van der Waals surface area contributed by atoms with Crippen molar-refractivity contribution in [2.24, 2.45) is 0 Å². The zero-order chi connectivity index (χ0) is 13.2. The van der Waals surface area contributed by atoms with Crippen LogP contribution in [0.15, 0.2) is 24.3 Å². The summed E-state index contributed by atoms with van der Waals surface area (Å²) in [5.74, 6) is 2.51. The van der Waals surface area contributed by atoms with Gasteiger partial charge in [0.15, 0.2) is 0 Å². The number of alkyl halides is 2. The number of hydrogen-bond acceptors (Lipinski definition) is 3. The Labute approximate surface area is 111 Å². The molecule has 0 amide bonds. The summed E-state index contributed by atoms with van der Waals surface area (Å²) in [6, 6.07) is 6.88. The molecule has 0 aliphatic rings. The normalized spacial score (nSPS) is 10.9. The van der Waals surface area contributed by atoms with E-state index in [1.807, 2.05) is 17.8 Å². The molecule has 0 aromatic heterocycles. The van der Waals surface area contributed by atoms with Crippen molar-refractivity contribution in [3.05, 3.63) is 29.8 Å². The van der Waals surface area contributed by atoms with Gasteiger partial charge in [-0.1, -0.05) is 25.1 Å². The summed E-state index contributed by atoms with van der Waals surface area (Å²) in [6.45, 7) is 0.804. The summed E-state index contributed by atoms with van der Waals surface area (Å²) in [6.07, 6.45) is 1.08. The molecule has 102 valence electrons. The van der Waals surface area contributed by atoms with Crippen LogP contribution in [0, 0.1) is 0 Å². The molecule has 1 aromatic rings. The van der Waals surface area contributed by atoms with Crippen molar-refractivity contribution in [3.63, 3.8) is 0 Å². The van der Waals surface area contributed by atoms with Gasteiger partial charge in [-0.3, -0.25) is 0 Å². The van der Waals surface area contributed by atoms with E-state index < -0.39 is 6.61 Å². The number of halogens is 2. The fourth-order valence-corrected chi connectivity index (χ4v) is 2.16. The fourth-order valence-electron chi connectivity index (χ4n) is 1.53. The zero-order valence-corrected chi connectivity index (χ0v) is 11.3. The van der Waals surface area contributed by atoms with Gasteiger partial charge in [-0.15, -0.1) is 0 Å². The predicted molar refractivity (Wildman–Crippen MR) is 72.4 cm³/mol. The van der Waals surface area contributed by atoms with Gasteiger partial charge in [0, 0.05) is 12.1 Å². The van der Waals surface area contributed by atoms with Crippen LogP contribution in [-0.4, -0.2) is 24.7 Å². The van der Waals surface area contributed by atoms with E-state index in [0.717, 1.165) is 30.0 Å². The Morgan fingerprint density at radius 3 is 2.83 bits per heavy atom. The molecule has 18 heavy (non-hydrogen) atoms. The molecule has 2 nitrogen and oxygen atoms in total. The molecule has 0 heterocycles. The summed E-state index contributed by atoms with van der Waals surface area (Å²) in [4.78, 5) is 0. The Bertz CT molecular complexity index is 337. The average molecular weight is 275 g/mol. The number of nitrogens with one attached hydrogen (secondary N) is 1. The van der Waals surface area contributed by atoms with Crippen LogP contribution in [0.4, 0.5) is 8.78 Å². The minimum absolute atomic E-state index is 0.253. The first kappa shape index (κ1) is 15.2. The third-order valence-corrected chi connectivity index (χ3v) is 3.34. The molecule has 0 radical (unpaired) electrons. The molecule has 1 N–H and O–H groups in total. The Kier molecular flexibility index (Phi) is 7.76. The molecule has 0 saturated heterocycles. The molecule has 0 atom stereocenters. The highest BCUT2D eigenvalue weighted by atomic mass is 32.2. The van der Waals surface area contributed by atoms with Crippen LogP contribution in [0.5, 0.6) is 5.75 Å². The van der Waals surface area contributed by atoms with Crippen molar-refractivity contribution in [2.45, 2.75) is 26.5 Å². The maximum atomic E-state index is 12.2. The Morgan fingerprint density at radius 1 is 1.33 bits per heavy atom. The summed E-state index contributed by atoms with van der Waals surface area (Å²) in [5.41, 5.74) is 0.765. The first-order chi connectivity index (χ1) is 8.74. The van der Waals surface area contributed by atoms with E-state index in [1.54, 1.807) is 18.2 Å². The molecule has 0 aliphatic carbocycles. The average Bonchev–Trinajstić information content (AvgIpc) is 2.35. The third kappa shape index (κ3) is 6.21. The van der Waals surface area contributed by atoms with Crippen molar-refractivity contribution in [1.29, 1.82) is 0 Å². The lowest BCUT2D eigenvalue weighted by Gasteiger charge is -2.11. The highest BCUT2D eigenvalue weighted by molar-refractivity contribution is 7.99.